The molecule has 27 heavy (non-hydrogen) atoms. The van der Waals surface area contributed by atoms with Crippen LogP contribution in [0.3, 0.4) is 0 Å². The third-order valence-corrected chi connectivity index (χ3v) is 5.50. The van der Waals surface area contributed by atoms with Crippen molar-refractivity contribution in [1.82, 2.24) is 4.40 Å². The molecule has 1 saturated heterocycles. The SMILES string of the molecule is CCC1CCN(c2ccc3cc(-c4ccc(OC)c(F)c4)cc(=O)n3c2)C1. The lowest BCUT2D eigenvalue weighted by Gasteiger charge is -2.19. The first-order chi connectivity index (χ1) is 13.1. The van der Waals surface area contributed by atoms with E-state index >= 15 is 0 Å². The van der Waals surface area contributed by atoms with Crippen molar-refractivity contribution < 1.29 is 9.13 Å². The molecule has 3 heterocycles. The van der Waals surface area contributed by atoms with Crippen molar-refractivity contribution in [3.63, 3.8) is 0 Å². The van der Waals surface area contributed by atoms with Gasteiger partial charge >= 0.3 is 0 Å². The van der Waals surface area contributed by atoms with Crippen molar-refractivity contribution in [3.05, 3.63) is 64.8 Å². The zero-order valence-electron chi connectivity index (χ0n) is 15.6. The molecule has 1 aliphatic heterocycles. The summed E-state index contributed by atoms with van der Waals surface area (Å²) in [6.45, 7) is 4.30. The maximum Gasteiger partial charge on any atom is 0.255 e. The molecule has 0 saturated carbocycles. The van der Waals surface area contributed by atoms with Gasteiger partial charge in [0.1, 0.15) is 0 Å². The maximum absolute atomic E-state index is 14.0. The first-order valence-electron chi connectivity index (χ1n) is 9.34. The van der Waals surface area contributed by atoms with Crippen LogP contribution in [-0.4, -0.2) is 24.6 Å². The molecule has 0 bridgehead atoms. The van der Waals surface area contributed by atoms with E-state index in [1.165, 1.54) is 26.0 Å². The highest BCUT2D eigenvalue weighted by Crippen LogP contribution is 2.28. The van der Waals surface area contributed by atoms with Gasteiger partial charge in [0.05, 0.1) is 12.8 Å². The number of hydrogen-bond acceptors (Lipinski definition) is 3. The van der Waals surface area contributed by atoms with E-state index in [1.807, 2.05) is 18.3 Å². The molecule has 0 spiro atoms. The Bertz CT molecular complexity index is 1040. The third-order valence-electron chi connectivity index (χ3n) is 5.50. The van der Waals surface area contributed by atoms with E-state index in [1.54, 1.807) is 22.6 Å². The Morgan fingerprint density at radius 2 is 2.00 bits per heavy atom. The van der Waals surface area contributed by atoms with Crippen LogP contribution in [0.1, 0.15) is 19.8 Å². The number of nitrogens with zero attached hydrogens (tertiary/aromatic N) is 2. The van der Waals surface area contributed by atoms with E-state index in [0.29, 0.717) is 11.1 Å². The van der Waals surface area contributed by atoms with Crippen molar-refractivity contribution in [2.24, 2.45) is 5.92 Å². The summed E-state index contributed by atoms with van der Waals surface area (Å²) >= 11 is 0. The predicted octanol–water partition coefficient (Wildman–Crippen LogP) is 4.35. The molecule has 0 aliphatic carbocycles. The summed E-state index contributed by atoms with van der Waals surface area (Å²) in [5, 5.41) is 0. The summed E-state index contributed by atoms with van der Waals surface area (Å²) < 4.78 is 20.6. The first kappa shape index (κ1) is 17.6. The van der Waals surface area contributed by atoms with Gasteiger partial charge in [0, 0.05) is 30.9 Å². The second-order valence-electron chi connectivity index (χ2n) is 7.12. The molecule has 1 fully saturated rings. The standard InChI is InChI=1S/C22H23FN2O2/c1-3-15-8-9-24(13-15)19-6-5-18-10-17(12-22(26)25(18)14-19)16-4-7-21(27-2)20(23)11-16/h4-7,10-12,14-15H,3,8-9,13H2,1-2H3. The fourth-order valence-electron chi connectivity index (χ4n) is 3.81. The lowest BCUT2D eigenvalue weighted by molar-refractivity contribution is 0.386. The number of methoxy groups -OCH3 is 1. The number of aromatic nitrogens is 1. The number of hydrogen-bond donors (Lipinski definition) is 0. The molecule has 1 aliphatic rings. The van der Waals surface area contributed by atoms with Crippen LogP contribution in [-0.2, 0) is 0 Å². The van der Waals surface area contributed by atoms with E-state index in [-0.39, 0.29) is 11.3 Å². The molecule has 0 amide bonds. The molecular weight excluding hydrogens is 343 g/mol. The first-order valence-corrected chi connectivity index (χ1v) is 9.34. The normalized spacial score (nSPS) is 16.9. The average Bonchev–Trinajstić information content (AvgIpc) is 3.17. The van der Waals surface area contributed by atoms with Gasteiger partial charge in [-0.25, -0.2) is 4.39 Å². The van der Waals surface area contributed by atoms with Crippen LogP contribution in [0.4, 0.5) is 10.1 Å². The van der Waals surface area contributed by atoms with Gasteiger partial charge in [-0.05, 0) is 53.8 Å². The molecule has 2 aromatic heterocycles. The van der Waals surface area contributed by atoms with Crippen LogP contribution in [0.2, 0.25) is 0 Å². The minimum absolute atomic E-state index is 0.119. The van der Waals surface area contributed by atoms with E-state index in [4.69, 9.17) is 4.74 Å². The van der Waals surface area contributed by atoms with Crippen LogP contribution in [0.15, 0.2) is 53.5 Å². The Balaban J connectivity index is 1.71. The molecule has 1 unspecified atom stereocenters. The zero-order valence-corrected chi connectivity index (χ0v) is 15.6. The Hall–Kier alpha value is -2.82. The highest BCUT2D eigenvalue weighted by Gasteiger charge is 2.21. The molecule has 5 heteroatoms. The zero-order chi connectivity index (χ0) is 19.0. The number of pyridine rings is 2. The van der Waals surface area contributed by atoms with Gasteiger partial charge in [-0.3, -0.25) is 9.20 Å². The number of benzene rings is 1. The van der Waals surface area contributed by atoms with Gasteiger partial charge in [-0.15, -0.1) is 0 Å². The van der Waals surface area contributed by atoms with Gasteiger partial charge in [-0.2, -0.15) is 0 Å². The highest BCUT2D eigenvalue weighted by molar-refractivity contribution is 5.70. The Morgan fingerprint density at radius 1 is 1.15 bits per heavy atom. The van der Waals surface area contributed by atoms with Crippen LogP contribution in [0.25, 0.3) is 16.6 Å². The Labute approximate surface area is 157 Å². The molecule has 140 valence electrons. The van der Waals surface area contributed by atoms with Crippen LogP contribution >= 0.6 is 0 Å². The summed E-state index contributed by atoms with van der Waals surface area (Å²) in [5.41, 5.74) is 3.10. The third kappa shape index (κ3) is 3.29. The van der Waals surface area contributed by atoms with Crippen molar-refractivity contribution in [1.29, 1.82) is 0 Å². The van der Waals surface area contributed by atoms with Crippen molar-refractivity contribution in [2.75, 3.05) is 25.1 Å². The number of rotatable bonds is 4. The fraction of sp³-hybridized carbons (Fsp3) is 0.318. The topological polar surface area (TPSA) is 34.0 Å². The Morgan fingerprint density at radius 3 is 2.70 bits per heavy atom. The van der Waals surface area contributed by atoms with Crippen LogP contribution in [0.5, 0.6) is 5.75 Å². The van der Waals surface area contributed by atoms with Crippen molar-refractivity contribution >= 4 is 11.2 Å². The van der Waals surface area contributed by atoms with E-state index in [2.05, 4.69) is 17.9 Å². The van der Waals surface area contributed by atoms with Gasteiger partial charge in [0.15, 0.2) is 11.6 Å². The minimum atomic E-state index is -0.440. The molecule has 4 nitrogen and oxygen atoms in total. The van der Waals surface area contributed by atoms with Crippen molar-refractivity contribution in [3.8, 4) is 16.9 Å². The Kier molecular flexibility index (Phi) is 4.60. The number of fused-ring (bicyclic) bond motifs is 1. The summed E-state index contributed by atoms with van der Waals surface area (Å²) in [7, 11) is 1.43. The molecule has 4 rings (SSSR count). The summed E-state index contributed by atoms with van der Waals surface area (Å²) in [5.74, 6) is 0.478. The number of anilines is 1. The second-order valence-corrected chi connectivity index (χ2v) is 7.12. The smallest absolute Gasteiger partial charge is 0.255 e. The molecular formula is C22H23FN2O2. The molecule has 3 aromatic rings. The number of halogens is 1. The largest absolute Gasteiger partial charge is 0.494 e. The fourth-order valence-corrected chi connectivity index (χ4v) is 3.81. The lowest BCUT2D eigenvalue weighted by Crippen LogP contribution is -2.21. The van der Waals surface area contributed by atoms with Gasteiger partial charge < -0.3 is 9.64 Å². The summed E-state index contributed by atoms with van der Waals surface area (Å²) in [4.78, 5) is 15.0. The quantitative estimate of drug-likeness (QED) is 0.688. The number of ether oxygens (including phenoxy) is 1. The van der Waals surface area contributed by atoms with E-state index in [9.17, 15) is 9.18 Å². The van der Waals surface area contributed by atoms with E-state index < -0.39 is 5.82 Å². The minimum Gasteiger partial charge on any atom is -0.494 e. The average molecular weight is 366 g/mol. The predicted molar refractivity (Wildman–Crippen MR) is 106 cm³/mol. The maximum atomic E-state index is 14.0. The van der Waals surface area contributed by atoms with Gasteiger partial charge in [0.2, 0.25) is 0 Å². The monoisotopic (exact) mass is 366 g/mol. The lowest BCUT2D eigenvalue weighted by atomic mass is 10.1. The van der Waals surface area contributed by atoms with Crippen LogP contribution < -0.4 is 15.2 Å². The van der Waals surface area contributed by atoms with Crippen molar-refractivity contribution in [2.45, 2.75) is 19.8 Å². The summed E-state index contributed by atoms with van der Waals surface area (Å²) in [6.07, 6.45) is 4.30. The van der Waals surface area contributed by atoms with Crippen LogP contribution in [0, 0.1) is 11.7 Å². The molecule has 0 radical (unpaired) electrons. The molecule has 1 atom stereocenters. The van der Waals surface area contributed by atoms with E-state index in [0.717, 1.165) is 30.2 Å². The second kappa shape index (κ2) is 7.06. The van der Waals surface area contributed by atoms with Gasteiger partial charge in [0.25, 0.3) is 5.56 Å². The molecule has 1 aromatic carbocycles. The molecule has 0 N–H and O–H groups in total. The van der Waals surface area contributed by atoms with Gasteiger partial charge in [-0.1, -0.05) is 19.4 Å². The summed E-state index contributed by atoms with van der Waals surface area (Å²) in [6, 6.07) is 12.2. The highest BCUT2D eigenvalue weighted by atomic mass is 19.1.